The van der Waals surface area contributed by atoms with Crippen LogP contribution in [0.25, 0.3) is 0 Å². The van der Waals surface area contributed by atoms with Gasteiger partial charge in [-0.25, -0.2) is 0 Å². The predicted octanol–water partition coefficient (Wildman–Crippen LogP) is 2.79. The van der Waals surface area contributed by atoms with E-state index in [-0.39, 0.29) is 24.2 Å². The summed E-state index contributed by atoms with van der Waals surface area (Å²) in [7, 11) is 0. The van der Waals surface area contributed by atoms with Crippen molar-refractivity contribution in [3.05, 3.63) is 35.4 Å². The van der Waals surface area contributed by atoms with Gasteiger partial charge in [-0.3, -0.25) is 9.59 Å². The third kappa shape index (κ3) is 6.99. The maximum Gasteiger partial charge on any atom is 0.324 e. The molecule has 1 aliphatic rings. The first-order valence-electron chi connectivity index (χ1n) is 8.36. The first-order chi connectivity index (χ1) is 11.1. The van der Waals surface area contributed by atoms with Gasteiger partial charge in [0, 0.05) is 31.2 Å². The Balaban J connectivity index is 0.00000288. The van der Waals surface area contributed by atoms with Crippen LogP contribution in [0.3, 0.4) is 0 Å². The Hall–Kier alpha value is -1.43. The molecule has 0 radical (unpaired) electrons. The number of ketones is 1. The molecule has 5 nitrogen and oxygen atoms in total. The largest absolute Gasteiger partial charge is 0.373 e. The SMILES string of the molecule is Cl.NOC(=O)CCCCCCC(=O)Cc1ccc(C2CC2N)cc1. The molecular weight excluding hydrogens is 328 g/mol. The van der Waals surface area contributed by atoms with Gasteiger partial charge < -0.3 is 10.6 Å². The van der Waals surface area contributed by atoms with Crippen LogP contribution in [0.2, 0.25) is 0 Å². The molecule has 4 N–H and O–H groups in total. The highest BCUT2D eigenvalue weighted by molar-refractivity contribution is 5.85. The van der Waals surface area contributed by atoms with Crippen LogP contribution < -0.4 is 11.6 Å². The van der Waals surface area contributed by atoms with Crippen LogP contribution >= 0.6 is 12.4 Å². The average molecular weight is 355 g/mol. The molecule has 2 atom stereocenters. The summed E-state index contributed by atoms with van der Waals surface area (Å²) in [5.41, 5.74) is 8.20. The van der Waals surface area contributed by atoms with E-state index in [4.69, 9.17) is 11.6 Å². The summed E-state index contributed by atoms with van der Waals surface area (Å²) in [6.07, 6.45) is 6.00. The van der Waals surface area contributed by atoms with Crippen molar-refractivity contribution in [2.45, 2.75) is 63.3 Å². The van der Waals surface area contributed by atoms with Crippen molar-refractivity contribution in [2.75, 3.05) is 0 Å². The van der Waals surface area contributed by atoms with Gasteiger partial charge in [0.2, 0.25) is 0 Å². The average Bonchev–Trinajstić information content (AvgIpc) is 3.28. The molecule has 134 valence electrons. The molecule has 0 saturated heterocycles. The van der Waals surface area contributed by atoms with Crippen LogP contribution in [0.4, 0.5) is 0 Å². The van der Waals surface area contributed by atoms with E-state index in [0.717, 1.165) is 37.7 Å². The van der Waals surface area contributed by atoms with Crippen LogP contribution in [-0.2, 0) is 20.8 Å². The second kappa shape index (κ2) is 10.4. The molecule has 1 aromatic rings. The molecule has 6 heteroatoms. The van der Waals surface area contributed by atoms with Crippen molar-refractivity contribution in [2.24, 2.45) is 11.6 Å². The molecule has 2 unspecified atom stereocenters. The molecule has 0 heterocycles. The summed E-state index contributed by atoms with van der Waals surface area (Å²) in [5.74, 6) is 5.16. The molecule has 0 amide bonds. The fourth-order valence-corrected chi connectivity index (χ4v) is 2.80. The Morgan fingerprint density at radius 1 is 1.04 bits per heavy atom. The van der Waals surface area contributed by atoms with Gasteiger partial charge in [-0.05, 0) is 30.4 Å². The summed E-state index contributed by atoms with van der Waals surface area (Å²) < 4.78 is 0. The standard InChI is InChI=1S/C18H26N2O3.ClH/c19-17-12-16(17)14-9-7-13(8-10-14)11-15(21)5-3-1-2-4-6-18(22)23-20;/h7-10,16-17H,1-6,11-12,19-20H2;1H. The van der Waals surface area contributed by atoms with E-state index in [1.54, 1.807) is 0 Å². The van der Waals surface area contributed by atoms with E-state index in [1.807, 2.05) is 12.1 Å². The zero-order valence-corrected chi connectivity index (χ0v) is 14.7. The van der Waals surface area contributed by atoms with Crippen LogP contribution in [-0.4, -0.2) is 17.8 Å². The predicted molar refractivity (Wildman–Crippen MR) is 95.7 cm³/mol. The molecule has 24 heavy (non-hydrogen) atoms. The summed E-state index contributed by atoms with van der Waals surface area (Å²) in [6, 6.07) is 8.58. The van der Waals surface area contributed by atoms with Crippen molar-refractivity contribution in [1.29, 1.82) is 0 Å². The normalized spacial score (nSPS) is 18.6. The van der Waals surface area contributed by atoms with Crippen molar-refractivity contribution in [1.82, 2.24) is 0 Å². The molecule has 1 aliphatic carbocycles. The summed E-state index contributed by atoms with van der Waals surface area (Å²) >= 11 is 0. The Labute approximate surface area is 149 Å². The summed E-state index contributed by atoms with van der Waals surface area (Å²) in [4.78, 5) is 26.9. The minimum atomic E-state index is -0.378. The summed E-state index contributed by atoms with van der Waals surface area (Å²) in [6.45, 7) is 0. The fraction of sp³-hybridized carbons (Fsp3) is 0.556. The molecule has 0 bridgehead atoms. The highest BCUT2D eigenvalue weighted by Gasteiger charge is 2.34. The maximum atomic E-state index is 12.0. The number of rotatable bonds is 10. The lowest BCUT2D eigenvalue weighted by molar-refractivity contribution is -0.144. The van der Waals surface area contributed by atoms with Gasteiger partial charge in [-0.1, -0.05) is 37.1 Å². The Bertz CT molecular complexity index is 534. The van der Waals surface area contributed by atoms with E-state index < -0.39 is 0 Å². The molecular formula is C18H27ClN2O3. The highest BCUT2D eigenvalue weighted by atomic mass is 35.5. The number of benzene rings is 1. The van der Waals surface area contributed by atoms with Crippen LogP contribution in [0.5, 0.6) is 0 Å². The van der Waals surface area contributed by atoms with Crippen LogP contribution in [0.1, 0.15) is 62.0 Å². The number of hydrogen-bond donors (Lipinski definition) is 2. The number of hydrogen-bond acceptors (Lipinski definition) is 5. The van der Waals surface area contributed by atoms with Gasteiger partial charge in [-0.15, -0.1) is 12.4 Å². The van der Waals surface area contributed by atoms with Gasteiger partial charge in [-0.2, -0.15) is 5.90 Å². The van der Waals surface area contributed by atoms with Gasteiger partial charge in [0.05, 0.1) is 0 Å². The number of carbonyl (C=O) groups excluding carboxylic acids is 2. The van der Waals surface area contributed by atoms with Crippen molar-refractivity contribution < 1.29 is 14.4 Å². The molecule has 1 saturated carbocycles. The first-order valence-corrected chi connectivity index (χ1v) is 8.36. The van der Waals surface area contributed by atoms with Gasteiger partial charge in [0.1, 0.15) is 5.78 Å². The van der Waals surface area contributed by atoms with E-state index in [1.165, 1.54) is 5.56 Å². The quantitative estimate of drug-likeness (QED) is 0.497. The van der Waals surface area contributed by atoms with Gasteiger partial charge in [0.15, 0.2) is 0 Å². The lowest BCUT2D eigenvalue weighted by atomic mass is 10.0. The van der Waals surface area contributed by atoms with Crippen molar-refractivity contribution in [3.8, 4) is 0 Å². The molecule has 1 aromatic carbocycles. The molecule has 2 rings (SSSR count). The third-order valence-corrected chi connectivity index (χ3v) is 4.37. The molecule has 0 aromatic heterocycles. The fourth-order valence-electron chi connectivity index (χ4n) is 2.80. The van der Waals surface area contributed by atoms with Crippen LogP contribution in [0.15, 0.2) is 24.3 Å². The first kappa shape index (κ1) is 20.6. The molecule has 0 spiro atoms. The number of Topliss-reactive ketones (excluding diaryl/α,β-unsaturated/α-hetero) is 1. The number of carbonyl (C=O) groups is 2. The monoisotopic (exact) mass is 354 g/mol. The summed E-state index contributed by atoms with van der Waals surface area (Å²) in [5, 5.41) is 0. The topological polar surface area (TPSA) is 95.4 Å². The second-order valence-corrected chi connectivity index (χ2v) is 6.37. The van der Waals surface area contributed by atoms with E-state index in [2.05, 4.69) is 17.0 Å². The lowest BCUT2D eigenvalue weighted by Crippen LogP contribution is -2.09. The highest BCUT2D eigenvalue weighted by Crippen LogP contribution is 2.38. The zero-order chi connectivity index (χ0) is 16.7. The molecule has 1 fully saturated rings. The lowest BCUT2D eigenvalue weighted by Gasteiger charge is -2.04. The minimum absolute atomic E-state index is 0. The second-order valence-electron chi connectivity index (χ2n) is 6.37. The van der Waals surface area contributed by atoms with E-state index in [0.29, 0.717) is 31.2 Å². The third-order valence-electron chi connectivity index (χ3n) is 4.37. The van der Waals surface area contributed by atoms with Gasteiger partial charge in [0.25, 0.3) is 0 Å². The van der Waals surface area contributed by atoms with Gasteiger partial charge >= 0.3 is 5.97 Å². The number of nitrogens with two attached hydrogens (primary N) is 2. The van der Waals surface area contributed by atoms with Crippen molar-refractivity contribution >= 4 is 24.2 Å². The zero-order valence-electron chi connectivity index (χ0n) is 13.9. The number of unbranched alkanes of at least 4 members (excludes halogenated alkanes) is 3. The maximum absolute atomic E-state index is 12.0. The smallest absolute Gasteiger partial charge is 0.324 e. The molecule has 0 aliphatic heterocycles. The van der Waals surface area contributed by atoms with E-state index >= 15 is 0 Å². The van der Waals surface area contributed by atoms with Crippen molar-refractivity contribution in [3.63, 3.8) is 0 Å². The van der Waals surface area contributed by atoms with Crippen LogP contribution in [0, 0.1) is 0 Å². The number of halogens is 1. The Morgan fingerprint density at radius 2 is 1.62 bits per heavy atom. The Morgan fingerprint density at radius 3 is 2.17 bits per heavy atom. The minimum Gasteiger partial charge on any atom is -0.373 e. The van der Waals surface area contributed by atoms with E-state index in [9.17, 15) is 9.59 Å². The Kier molecular flexibility index (Phi) is 8.97.